The Hall–Kier alpha value is -1.77. The van der Waals surface area contributed by atoms with Crippen molar-refractivity contribution in [3.05, 3.63) is 36.4 Å². The lowest BCUT2D eigenvalue weighted by Crippen LogP contribution is -2.34. The summed E-state index contributed by atoms with van der Waals surface area (Å²) >= 11 is 0. The molecule has 0 unspecified atom stereocenters. The van der Waals surface area contributed by atoms with Crippen LogP contribution < -0.4 is 10.2 Å². The first-order valence-electron chi connectivity index (χ1n) is 8.00. The number of carbonyl (C=O) groups excluding carboxylic acids is 1. The van der Waals surface area contributed by atoms with Gasteiger partial charge in [0, 0.05) is 30.4 Å². The van der Waals surface area contributed by atoms with Gasteiger partial charge in [-0.25, -0.2) is 0 Å². The molecule has 1 amide bonds. The molecule has 0 bridgehead atoms. The zero-order valence-corrected chi connectivity index (χ0v) is 13.2. The van der Waals surface area contributed by atoms with Gasteiger partial charge in [-0.15, -0.1) is 6.58 Å². The van der Waals surface area contributed by atoms with Gasteiger partial charge >= 0.3 is 0 Å². The van der Waals surface area contributed by atoms with Crippen LogP contribution in [-0.4, -0.2) is 18.5 Å². The molecule has 1 aromatic rings. The van der Waals surface area contributed by atoms with Crippen LogP contribution in [0.1, 0.15) is 45.1 Å². The molecule has 0 aromatic heterocycles. The summed E-state index contributed by atoms with van der Waals surface area (Å²) in [6.07, 6.45) is 6.69. The number of carbonyl (C=O) groups is 1. The first kappa shape index (κ1) is 15.6. The Morgan fingerprint density at radius 2 is 2.19 bits per heavy atom. The standard InChI is InChI=1S/C18H26N2O/c1-4-7-8-15(5-2)19-16-10-11-17-14(13-16)9-12-18(21)20(17)6-3/h4,10-11,13,15,19H,1,5-9,12H2,2-3H3/t15-/m1/s1. The maximum atomic E-state index is 11.9. The molecule has 1 aliphatic rings. The molecular formula is C18H26N2O. The highest BCUT2D eigenvalue weighted by molar-refractivity contribution is 5.96. The summed E-state index contributed by atoms with van der Waals surface area (Å²) in [6.45, 7) is 8.77. The highest BCUT2D eigenvalue weighted by Gasteiger charge is 2.22. The summed E-state index contributed by atoms with van der Waals surface area (Å²) in [5, 5.41) is 3.61. The lowest BCUT2D eigenvalue weighted by atomic mass is 10.00. The van der Waals surface area contributed by atoms with Gasteiger partial charge in [-0.1, -0.05) is 13.0 Å². The second kappa shape index (κ2) is 7.30. The van der Waals surface area contributed by atoms with Crippen LogP contribution in [-0.2, 0) is 11.2 Å². The van der Waals surface area contributed by atoms with E-state index in [2.05, 4.69) is 37.0 Å². The average Bonchev–Trinajstić information content (AvgIpc) is 2.51. The minimum atomic E-state index is 0.239. The highest BCUT2D eigenvalue weighted by atomic mass is 16.2. The lowest BCUT2D eigenvalue weighted by molar-refractivity contribution is -0.118. The fourth-order valence-electron chi connectivity index (χ4n) is 2.93. The second-order valence-electron chi connectivity index (χ2n) is 5.60. The third-order valence-electron chi connectivity index (χ3n) is 4.18. The number of benzene rings is 1. The van der Waals surface area contributed by atoms with Crippen LogP contribution in [0.5, 0.6) is 0 Å². The molecule has 2 rings (SSSR count). The summed E-state index contributed by atoms with van der Waals surface area (Å²) in [5.74, 6) is 0.239. The van der Waals surface area contributed by atoms with Crippen molar-refractivity contribution in [2.75, 3.05) is 16.8 Å². The number of allylic oxidation sites excluding steroid dienone is 1. The van der Waals surface area contributed by atoms with Gasteiger partial charge in [-0.2, -0.15) is 0 Å². The van der Waals surface area contributed by atoms with Crippen molar-refractivity contribution in [1.29, 1.82) is 0 Å². The molecule has 114 valence electrons. The minimum Gasteiger partial charge on any atom is -0.382 e. The molecule has 21 heavy (non-hydrogen) atoms. The molecule has 0 saturated heterocycles. The summed E-state index contributed by atoms with van der Waals surface area (Å²) in [5.41, 5.74) is 3.52. The topological polar surface area (TPSA) is 32.3 Å². The number of aryl methyl sites for hydroxylation is 1. The average molecular weight is 286 g/mol. The number of hydrogen-bond donors (Lipinski definition) is 1. The van der Waals surface area contributed by atoms with Gasteiger partial charge in [0.05, 0.1) is 0 Å². The molecule has 0 radical (unpaired) electrons. The van der Waals surface area contributed by atoms with Crippen molar-refractivity contribution in [2.24, 2.45) is 0 Å². The molecule has 0 fully saturated rings. The number of hydrogen-bond acceptors (Lipinski definition) is 2. The van der Waals surface area contributed by atoms with E-state index in [1.807, 2.05) is 17.9 Å². The molecule has 0 aliphatic carbocycles. The maximum absolute atomic E-state index is 11.9. The summed E-state index contributed by atoms with van der Waals surface area (Å²) in [4.78, 5) is 13.8. The molecule has 3 nitrogen and oxygen atoms in total. The van der Waals surface area contributed by atoms with Crippen LogP contribution >= 0.6 is 0 Å². The first-order chi connectivity index (χ1) is 10.2. The molecule has 1 heterocycles. The molecule has 1 aliphatic heterocycles. The van der Waals surface area contributed by atoms with Crippen LogP contribution in [0.25, 0.3) is 0 Å². The molecule has 0 saturated carbocycles. The van der Waals surface area contributed by atoms with E-state index < -0.39 is 0 Å². The number of nitrogens with one attached hydrogen (secondary N) is 1. The Kier molecular flexibility index (Phi) is 5.43. The smallest absolute Gasteiger partial charge is 0.227 e. The van der Waals surface area contributed by atoms with Crippen LogP contribution in [0.15, 0.2) is 30.9 Å². The number of nitrogens with zero attached hydrogens (tertiary/aromatic N) is 1. The summed E-state index contributed by atoms with van der Waals surface area (Å²) < 4.78 is 0. The van der Waals surface area contributed by atoms with Crippen LogP contribution in [0.2, 0.25) is 0 Å². The number of anilines is 2. The molecule has 1 N–H and O–H groups in total. The van der Waals surface area contributed by atoms with E-state index >= 15 is 0 Å². The van der Waals surface area contributed by atoms with E-state index in [0.29, 0.717) is 12.5 Å². The zero-order valence-electron chi connectivity index (χ0n) is 13.2. The maximum Gasteiger partial charge on any atom is 0.227 e. The Balaban J connectivity index is 2.13. The number of amides is 1. The van der Waals surface area contributed by atoms with Crippen molar-refractivity contribution in [3.8, 4) is 0 Å². The Morgan fingerprint density at radius 1 is 1.38 bits per heavy atom. The van der Waals surface area contributed by atoms with Crippen LogP contribution in [0, 0.1) is 0 Å². The van der Waals surface area contributed by atoms with Crippen molar-refractivity contribution in [1.82, 2.24) is 0 Å². The van der Waals surface area contributed by atoms with Crippen molar-refractivity contribution < 1.29 is 4.79 Å². The highest BCUT2D eigenvalue weighted by Crippen LogP contribution is 2.30. The fraction of sp³-hybridized carbons (Fsp3) is 0.500. The van der Waals surface area contributed by atoms with Crippen molar-refractivity contribution in [2.45, 2.75) is 52.0 Å². The van der Waals surface area contributed by atoms with E-state index in [4.69, 9.17) is 0 Å². The number of fused-ring (bicyclic) bond motifs is 1. The van der Waals surface area contributed by atoms with Gasteiger partial charge in [0.15, 0.2) is 0 Å². The van der Waals surface area contributed by atoms with Crippen LogP contribution in [0.3, 0.4) is 0 Å². The normalized spacial score (nSPS) is 15.5. The number of rotatable bonds is 7. The fourth-order valence-corrected chi connectivity index (χ4v) is 2.93. The summed E-state index contributed by atoms with van der Waals surface area (Å²) in [7, 11) is 0. The molecule has 1 aromatic carbocycles. The van der Waals surface area contributed by atoms with E-state index in [-0.39, 0.29) is 5.91 Å². The third kappa shape index (κ3) is 3.66. The third-order valence-corrected chi connectivity index (χ3v) is 4.18. The largest absolute Gasteiger partial charge is 0.382 e. The molecular weight excluding hydrogens is 260 g/mol. The van der Waals surface area contributed by atoms with Gasteiger partial charge in [0.25, 0.3) is 0 Å². The monoisotopic (exact) mass is 286 g/mol. The van der Waals surface area contributed by atoms with Gasteiger partial charge in [-0.3, -0.25) is 4.79 Å². The SMILES string of the molecule is C=CCC[C@@H](CC)Nc1ccc2c(c1)CCC(=O)N2CC. The van der Waals surface area contributed by atoms with E-state index in [1.54, 1.807) is 0 Å². The van der Waals surface area contributed by atoms with E-state index in [1.165, 1.54) is 5.56 Å². The minimum absolute atomic E-state index is 0.239. The Morgan fingerprint density at radius 3 is 2.86 bits per heavy atom. The Labute approximate surface area is 128 Å². The van der Waals surface area contributed by atoms with Gasteiger partial charge < -0.3 is 10.2 Å². The van der Waals surface area contributed by atoms with Gasteiger partial charge in [-0.05, 0) is 56.4 Å². The quantitative estimate of drug-likeness (QED) is 0.764. The molecule has 3 heteroatoms. The van der Waals surface area contributed by atoms with E-state index in [0.717, 1.165) is 43.6 Å². The van der Waals surface area contributed by atoms with Gasteiger partial charge in [0.2, 0.25) is 5.91 Å². The van der Waals surface area contributed by atoms with Crippen molar-refractivity contribution >= 4 is 17.3 Å². The predicted octanol–water partition coefficient (Wildman–Crippen LogP) is 4.14. The second-order valence-corrected chi connectivity index (χ2v) is 5.60. The molecule has 1 atom stereocenters. The van der Waals surface area contributed by atoms with Crippen LogP contribution in [0.4, 0.5) is 11.4 Å². The zero-order chi connectivity index (χ0) is 15.2. The Bertz CT molecular complexity index is 510. The van der Waals surface area contributed by atoms with E-state index in [9.17, 15) is 4.79 Å². The predicted molar refractivity (Wildman–Crippen MR) is 89.9 cm³/mol. The molecule has 0 spiro atoms. The van der Waals surface area contributed by atoms with Gasteiger partial charge in [0.1, 0.15) is 0 Å². The first-order valence-corrected chi connectivity index (χ1v) is 8.00. The summed E-state index contributed by atoms with van der Waals surface area (Å²) in [6, 6.07) is 6.87. The van der Waals surface area contributed by atoms with Crippen molar-refractivity contribution in [3.63, 3.8) is 0 Å². The lowest BCUT2D eigenvalue weighted by Gasteiger charge is -2.29.